The van der Waals surface area contributed by atoms with Gasteiger partial charge < -0.3 is 14.4 Å². The summed E-state index contributed by atoms with van der Waals surface area (Å²) in [6, 6.07) is -0.410. The summed E-state index contributed by atoms with van der Waals surface area (Å²) >= 11 is 0. The highest BCUT2D eigenvalue weighted by atomic mass is 16.5. The maximum atomic E-state index is 11.6. The van der Waals surface area contributed by atoms with E-state index < -0.39 is 6.04 Å². The Morgan fingerprint density at radius 2 is 2.20 bits per heavy atom. The Labute approximate surface area is 89.3 Å². The van der Waals surface area contributed by atoms with E-state index in [0.717, 1.165) is 6.42 Å². The lowest BCUT2D eigenvalue weighted by Crippen LogP contribution is -2.42. The zero-order chi connectivity index (χ0) is 11.3. The lowest BCUT2D eigenvalue weighted by Gasteiger charge is -2.22. The predicted molar refractivity (Wildman–Crippen MR) is 53.2 cm³/mol. The highest BCUT2D eigenvalue weighted by molar-refractivity contribution is 5.85. The van der Waals surface area contributed by atoms with Crippen LogP contribution in [0, 0.1) is 0 Å². The molecule has 1 aliphatic rings. The molecule has 1 unspecified atom stereocenters. The molecule has 5 nitrogen and oxygen atoms in total. The van der Waals surface area contributed by atoms with Gasteiger partial charge in [-0.1, -0.05) is 0 Å². The second-order valence-electron chi connectivity index (χ2n) is 3.43. The quantitative estimate of drug-likeness (QED) is 0.628. The Bertz CT molecular complexity index is 218. The van der Waals surface area contributed by atoms with Crippen molar-refractivity contribution in [3.8, 4) is 0 Å². The molecule has 1 rings (SSSR count). The van der Waals surface area contributed by atoms with Crippen LogP contribution in [0.15, 0.2) is 0 Å². The van der Waals surface area contributed by atoms with Crippen LogP contribution in [-0.2, 0) is 19.1 Å². The van der Waals surface area contributed by atoms with Crippen molar-refractivity contribution in [3.05, 3.63) is 0 Å². The van der Waals surface area contributed by atoms with Gasteiger partial charge in [0.15, 0.2) is 0 Å². The predicted octanol–water partition coefficient (Wildman–Crippen LogP) is 0.187. The van der Waals surface area contributed by atoms with E-state index in [-0.39, 0.29) is 18.5 Å². The third-order valence-electron chi connectivity index (χ3n) is 2.40. The van der Waals surface area contributed by atoms with Crippen LogP contribution < -0.4 is 0 Å². The number of hydrogen-bond acceptors (Lipinski definition) is 4. The zero-order valence-electron chi connectivity index (χ0n) is 9.19. The SMILES string of the molecule is CCOC(=O)C1CCCN1C(=O)COC. The molecule has 0 aromatic rings. The van der Waals surface area contributed by atoms with Gasteiger partial charge in [-0.2, -0.15) is 0 Å². The molecule has 0 spiro atoms. The first-order valence-electron chi connectivity index (χ1n) is 5.15. The number of likely N-dealkylation sites (tertiary alicyclic amines) is 1. The average molecular weight is 215 g/mol. The first kappa shape index (κ1) is 12.0. The number of amides is 1. The first-order chi connectivity index (χ1) is 7.20. The molecule has 0 aliphatic carbocycles. The van der Waals surface area contributed by atoms with Crippen molar-refractivity contribution in [1.29, 1.82) is 0 Å². The molecule has 1 aliphatic heterocycles. The van der Waals surface area contributed by atoms with E-state index in [1.807, 2.05) is 0 Å². The average Bonchev–Trinajstić information content (AvgIpc) is 2.66. The van der Waals surface area contributed by atoms with Crippen LogP contribution in [0.4, 0.5) is 0 Å². The molecule has 1 saturated heterocycles. The van der Waals surface area contributed by atoms with Gasteiger partial charge in [-0.3, -0.25) is 4.79 Å². The number of rotatable bonds is 4. The fourth-order valence-electron chi connectivity index (χ4n) is 1.76. The van der Waals surface area contributed by atoms with Crippen LogP contribution >= 0.6 is 0 Å². The summed E-state index contributed by atoms with van der Waals surface area (Å²) in [5.74, 6) is -0.451. The molecule has 0 aromatic heterocycles. The highest BCUT2D eigenvalue weighted by Crippen LogP contribution is 2.18. The second-order valence-corrected chi connectivity index (χ2v) is 3.43. The largest absolute Gasteiger partial charge is 0.464 e. The topological polar surface area (TPSA) is 55.8 Å². The van der Waals surface area contributed by atoms with Crippen LogP contribution in [-0.4, -0.2) is 49.7 Å². The third-order valence-corrected chi connectivity index (χ3v) is 2.40. The van der Waals surface area contributed by atoms with E-state index in [2.05, 4.69) is 0 Å². The van der Waals surface area contributed by atoms with Gasteiger partial charge in [-0.25, -0.2) is 4.79 Å². The van der Waals surface area contributed by atoms with E-state index in [4.69, 9.17) is 9.47 Å². The van der Waals surface area contributed by atoms with Crippen molar-refractivity contribution in [2.75, 3.05) is 26.9 Å². The van der Waals surface area contributed by atoms with E-state index in [9.17, 15) is 9.59 Å². The van der Waals surface area contributed by atoms with Crippen molar-refractivity contribution < 1.29 is 19.1 Å². The number of carbonyl (C=O) groups excluding carboxylic acids is 2. The summed E-state index contributed by atoms with van der Waals surface area (Å²) < 4.78 is 9.67. The normalized spacial score (nSPS) is 20.4. The van der Waals surface area contributed by atoms with Crippen molar-refractivity contribution in [2.24, 2.45) is 0 Å². The number of esters is 1. The molecule has 1 amide bonds. The molecule has 0 aromatic carbocycles. The summed E-state index contributed by atoms with van der Waals surface area (Å²) in [7, 11) is 1.47. The molecule has 5 heteroatoms. The molecule has 86 valence electrons. The van der Waals surface area contributed by atoms with E-state index in [1.54, 1.807) is 11.8 Å². The third kappa shape index (κ3) is 2.92. The number of carbonyl (C=O) groups is 2. The molecular weight excluding hydrogens is 198 g/mol. The van der Waals surface area contributed by atoms with Crippen molar-refractivity contribution >= 4 is 11.9 Å². The summed E-state index contributed by atoms with van der Waals surface area (Å²) in [6.45, 7) is 2.75. The van der Waals surface area contributed by atoms with E-state index in [1.165, 1.54) is 7.11 Å². The molecule has 1 atom stereocenters. The second kappa shape index (κ2) is 5.70. The van der Waals surface area contributed by atoms with Crippen LogP contribution in [0.2, 0.25) is 0 Å². The fraction of sp³-hybridized carbons (Fsp3) is 0.800. The highest BCUT2D eigenvalue weighted by Gasteiger charge is 2.34. The first-order valence-corrected chi connectivity index (χ1v) is 5.15. The maximum Gasteiger partial charge on any atom is 0.328 e. The Morgan fingerprint density at radius 3 is 2.80 bits per heavy atom. The van der Waals surface area contributed by atoms with E-state index >= 15 is 0 Å². The van der Waals surface area contributed by atoms with Crippen molar-refractivity contribution in [2.45, 2.75) is 25.8 Å². The van der Waals surface area contributed by atoms with Crippen LogP contribution in [0.25, 0.3) is 0 Å². The molecule has 1 heterocycles. The minimum atomic E-state index is -0.410. The number of ether oxygens (including phenoxy) is 2. The molecule has 1 fully saturated rings. The van der Waals surface area contributed by atoms with Crippen molar-refractivity contribution in [3.63, 3.8) is 0 Å². The Morgan fingerprint density at radius 1 is 1.47 bits per heavy atom. The lowest BCUT2D eigenvalue weighted by atomic mass is 10.2. The van der Waals surface area contributed by atoms with Gasteiger partial charge >= 0.3 is 5.97 Å². The summed E-state index contributed by atoms with van der Waals surface area (Å²) in [5.41, 5.74) is 0. The summed E-state index contributed by atoms with van der Waals surface area (Å²) in [4.78, 5) is 24.6. The maximum absolute atomic E-state index is 11.6. The van der Waals surface area contributed by atoms with Crippen LogP contribution in [0.5, 0.6) is 0 Å². The molecule has 0 saturated carbocycles. The van der Waals surface area contributed by atoms with Gasteiger partial charge in [0.1, 0.15) is 12.6 Å². The molecule has 0 bridgehead atoms. The molecule has 0 radical (unpaired) electrons. The Hall–Kier alpha value is -1.10. The summed E-state index contributed by atoms with van der Waals surface area (Å²) in [6.07, 6.45) is 1.53. The minimum Gasteiger partial charge on any atom is -0.464 e. The molecule has 0 N–H and O–H groups in total. The standard InChI is InChI=1S/C10H17NO4/c1-3-15-10(13)8-5-4-6-11(8)9(12)7-14-2/h8H,3-7H2,1-2H3. The fourth-order valence-corrected chi connectivity index (χ4v) is 1.76. The monoisotopic (exact) mass is 215 g/mol. The van der Waals surface area contributed by atoms with Crippen LogP contribution in [0.3, 0.4) is 0 Å². The summed E-state index contributed by atoms with van der Waals surface area (Å²) in [5, 5.41) is 0. The van der Waals surface area contributed by atoms with Gasteiger partial charge in [0.25, 0.3) is 0 Å². The number of nitrogens with zero attached hydrogens (tertiary/aromatic N) is 1. The number of methoxy groups -OCH3 is 1. The number of hydrogen-bond donors (Lipinski definition) is 0. The van der Waals surface area contributed by atoms with E-state index in [0.29, 0.717) is 19.6 Å². The van der Waals surface area contributed by atoms with Crippen molar-refractivity contribution in [1.82, 2.24) is 4.90 Å². The minimum absolute atomic E-state index is 0.0237. The van der Waals surface area contributed by atoms with Gasteiger partial charge in [0, 0.05) is 13.7 Å². The van der Waals surface area contributed by atoms with Gasteiger partial charge in [0.05, 0.1) is 6.61 Å². The smallest absolute Gasteiger partial charge is 0.328 e. The Balaban J connectivity index is 2.56. The van der Waals surface area contributed by atoms with Crippen LogP contribution in [0.1, 0.15) is 19.8 Å². The molecule has 15 heavy (non-hydrogen) atoms. The van der Waals surface area contributed by atoms with Gasteiger partial charge in [0.2, 0.25) is 5.91 Å². The molecular formula is C10H17NO4. The Kier molecular flexibility index (Phi) is 4.55. The zero-order valence-corrected chi connectivity index (χ0v) is 9.19. The van der Waals surface area contributed by atoms with Gasteiger partial charge in [-0.05, 0) is 19.8 Å². The van der Waals surface area contributed by atoms with Gasteiger partial charge in [-0.15, -0.1) is 0 Å². The lowest BCUT2D eigenvalue weighted by molar-refractivity contribution is -0.154.